The van der Waals surface area contributed by atoms with Crippen molar-refractivity contribution in [1.82, 2.24) is 0 Å². The maximum absolute atomic E-state index is 12.1. The molecule has 1 aromatic rings. The van der Waals surface area contributed by atoms with Gasteiger partial charge in [0.1, 0.15) is 5.60 Å². The Morgan fingerprint density at radius 1 is 1.39 bits per heavy atom. The van der Waals surface area contributed by atoms with E-state index in [1.54, 1.807) is 4.31 Å². The van der Waals surface area contributed by atoms with Crippen molar-refractivity contribution >= 4 is 15.7 Å². The van der Waals surface area contributed by atoms with Crippen LogP contribution in [-0.2, 0) is 14.8 Å². The highest BCUT2D eigenvalue weighted by Gasteiger charge is 2.71. The van der Waals surface area contributed by atoms with Gasteiger partial charge >= 0.3 is 0 Å². The molecule has 4 atom stereocenters. The summed E-state index contributed by atoms with van der Waals surface area (Å²) in [6.45, 7) is 2.03. The van der Waals surface area contributed by atoms with Gasteiger partial charge in [-0.25, -0.2) is 8.42 Å². The Labute approximate surface area is 107 Å². The monoisotopic (exact) mass is 265 g/mol. The van der Waals surface area contributed by atoms with Crippen LogP contribution in [0.5, 0.6) is 0 Å². The molecule has 18 heavy (non-hydrogen) atoms. The lowest BCUT2D eigenvalue weighted by Gasteiger charge is -2.28. The smallest absolute Gasteiger partial charge is 0.232 e. The zero-order valence-corrected chi connectivity index (χ0v) is 11.1. The number of sulfonamides is 1. The second-order valence-electron chi connectivity index (χ2n) is 5.70. The number of hydrogen-bond acceptors (Lipinski definition) is 3. The number of rotatable bonds is 1. The first-order chi connectivity index (χ1) is 8.43. The molecule has 1 aliphatic carbocycles. The van der Waals surface area contributed by atoms with Crippen LogP contribution in [0.1, 0.15) is 24.8 Å². The van der Waals surface area contributed by atoms with Gasteiger partial charge in [-0.3, -0.25) is 4.31 Å². The van der Waals surface area contributed by atoms with E-state index >= 15 is 0 Å². The summed E-state index contributed by atoms with van der Waals surface area (Å²) in [5, 5.41) is 0. The molecule has 2 aliphatic heterocycles. The van der Waals surface area contributed by atoms with Gasteiger partial charge in [0.25, 0.3) is 0 Å². The predicted octanol–water partition coefficient (Wildman–Crippen LogP) is 1.48. The van der Waals surface area contributed by atoms with Crippen LogP contribution < -0.4 is 4.31 Å². The lowest BCUT2D eigenvalue weighted by Crippen LogP contribution is -2.45. The molecule has 0 radical (unpaired) electrons. The van der Waals surface area contributed by atoms with Gasteiger partial charge < -0.3 is 4.74 Å². The van der Waals surface area contributed by atoms with E-state index in [-0.39, 0.29) is 17.7 Å². The number of fused-ring (bicyclic) bond motifs is 5. The van der Waals surface area contributed by atoms with Crippen LogP contribution in [0.25, 0.3) is 0 Å². The minimum atomic E-state index is -3.26. The topological polar surface area (TPSA) is 49.9 Å². The Morgan fingerprint density at radius 3 is 2.83 bits per heavy atom. The molecule has 0 N–H and O–H groups in total. The Bertz CT molecular complexity index is 641. The van der Waals surface area contributed by atoms with E-state index in [9.17, 15) is 8.42 Å². The average Bonchev–Trinajstić information content (AvgIpc) is 2.68. The standard InChI is InChI=1S/C13H15NO3S/c1-13-11(17-13)7-9-8-5-3-4-6-10(8)14(12(9)13)18(2,15)16/h3-6,9,11-12H,7H2,1-2H3/t9-,11-,12+,13-/m0/s1. The van der Waals surface area contributed by atoms with Crippen molar-refractivity contribution in [2.24, 2.45) is 0 Å². The van der Waals surface area contributed by atoms with Crippen LogP contribution >= 0.6 is 0 Å². The molecule has 2 fully saturated rings. The maximum Gasteiger partial charge on any atom is 0.232 e. The number of para-hydroxylation sites is 1. The van der Waals surface area contributed by atoms with Crippen LogP contribution in [0.4, 0.5) is 5.69 Å². The summed E-state index contributed by atoms with van der Waals surface area (Å²) in [5.41, 5.74) is 1.71. The van der Waals surface area contributed by atoms with E-state index in [0.29, 0.717) is 5.92 Å². The molecular weight excluding hydrogens is 250 g/mol. The van der Waals surface area contributed by atoms with Gasteiger partial charge in [0, 0.05) is 5.92 Å². The molecule has 3 aliphatic rings. The summed E-state index contributed by atoms with van der Waals surface area (Å²) in [4.78, 5) is 0. The Morgan fingerprint density at radius 2 is 2.11 bits per heavy atom. The fourth-order valence-electron chi connectivity index (χ4n) is 3.80. The van der Waals surface area contributed by atoms with Gasteiger partial charge in [0.15, 0.2) is 0 Å². The number of ether oxygens (including phenoxy) is 1. The van der Waals surface area contributed by atoms with Gasteiger partial charge in [-0.2, -0.15) is 0 Å². The molecular formula is C13H15NO3S. The van der Waals surface area contributed by atoms with Crippen molar-refractivity contribution in [3.63, 3.8) is 0 Å². The number of anilines is 1. The largest absolute Gasteiger partial charge is 0.364 e. The second kappa shape index (κ2) is 2.91. The lowest BCUT2D eigenvalue weighted by atomic mass is 9.94. The average molecular weight is 265 g/mol. The van der Waals surface area contributed by atoms with Gasteiger partial charge in [-0.1, -0.05) is 18.2 Å². The third-order valence-electron chi connectivity index (χ3n) is 4.60. The third kappa shape index (κ3) is 1.12. The highest BCUT2D eigenvalue weighted by molar-refractivity contribution is 7.92. The number of epoxide rings is 1. The summed E-state index contributed by atoms with van der Waals surface area (Å²) in [5.74, 6) is 0.291. The Kier molecular flexibility index (Phi) is 1.75. The molecule has 0 amide bonds. The van der Waals surface area contributed by atoms with Crippen LogP contribution in [0.15, 0.2) is 24.3 Å². The summed E-state index contributed by atoms with van der Waals surface area (Å²) in [7, 11) is -3.26. The molecule has 4 rings (SSSR count). The number of nitrogens with zero attached hydrogens (tertiary/aromatic N) is 1. The predicted molar refractivity (Wildman–Crippen MR) is 68.2 cm³/mol. The van der Waals surface area contributed by atoms with Crippen LogP contribution in [-0.4, -0.2) is 32.4 Å². The van der Waals surface area contributed by atoms with Crippen LogP contribution in [0, 0.1) is 0 Å². The first-order valence-electron chi connectivity index (χ1n) is 6.19. The highest BCUT2D eigenvalue weighted by atomic mass is 32.2. The maximum atomic E-state index is 12.1. The second-order valence-corrected chi connectivity index (χ2v) is 7.55. The fraction of sp³-hybridized carbons (Fsp3) is 0.538. The minimum Gasteiger partial charge on any atom is -0.364 e. The zero-order chi connectivity index (χ0) is 12.7. The van der Waals surface area contributed by atoms with Crippen molar-refractivity contribution in [2.45, 2.75) is 37.0 Å². The highest BCUT2D eigenvalue weighted by Crippen LogP contribution is 2.62. The molecule has 0 unspecified atom stereocenters. The van der Waals surface area contributed by atoms with Crippen LogP contribution in [0.3, 0.4) is 0 Å². The summed E-state index contributed by atoms with van der Waals surface area (Å²) in [6.07, 6.45) is 2.44. The molecule has 1 aromatic carbocycles. The van der Waals surface area contributed by atoms with Crippen molar-refractivity contribution in [3.05, 3.63) is 29.8 Å². The van der Waals surface area contributed by atoms with E-state index in [2.05, 4.69) is 0 Å². The molecule has 2 heterocycles. The summed E-state index contributed by atoms with van der Waals surface area (Å²) >= 11 is 0. The first kappa shape index (κ1) is 10.8. The van der Waals surface area contributed by atoms with E-state index in [1.165, 1.54) is 6.26 Å². The molecule has 96 valence electrons. The minimum absolute atomic E-state index is 0.0603. The van der Waals surface area contributed by atoms with Crippen molar-refractivity contribution in [3.8, 4) is 0 Å². The van der Waals surface area contributed by atoms with Gasteiger partial charge in [-0.05, 0) is 25.0 Å². The van der Waals surface area contributed by atoms with Gasteiger partial charge in [0.2, 0.25) is 10.0 Å². The normalized spacial score (nSPS) is 40.3. The zero-order valence-electron chi connectivity index (χ0n) is 10.3. The van der Waals surface area contributed by atoms with Crippen molar-refractivity contribution < 1.29 is 13.2 Å². The number of hydrogen-bond donors (Lipinski definition) is 0. The molecule has 4 nitrogen and oxygen atoms in total. The molecule has 1 saturated carbocycles. The van der Waals surface area contributed by atoms with E-state index < -0.39 is 10.0 Å². The van der Waals surface area contributed by atoms with Crippen LogP contribution in [0.2, 0.25) is 0 Å². The van der Waals surface area contributed by atoms with Crippen molar-refractivity contribution in [1.29, 1.82) is 0 Å². The van der Waals surface area contributed by atoms with Crippen molar-refractivity contribution in [2.75, 3.05) is 10.6 Å². The van der Waals surface area contributed by atoms with Gasteiger partial charge in [0.05, 0.1) is 24.1 Å². The molecule has 5 heteroatoms. The first-order valence-corrected chi connectivity index (χ1v) is 8.04. The summed E-state index contributed by atoms with van der Waals surface area (Å²) in [6, 6.07) is 7.76. The Hall–Kier alpha value is -1.07. The lowest BCUT2D eigenvalue weighted by molar-refractivity contribution is 0.233. The molecule has 0 bridgehead atoms. The van der Waals surface area contributed by atoms with Gasteiger partial charge in [-0.15, -0.1) is 0 Å². The number of benzene rings is 1. The summed E-state index contributed by atoms with van der Waals surface area (Å²) < 4.78 is 31.5. The molecule has 1 saturated heterocycles. The van der Waals surface area contributed by atoms with E-state index in [1.807, 2.05) is 31.2 Å². The molecule has 0 spiro atoms. The van der Waals surface area contributed by atoms with E-state index in [4.69, 9.17) is 4.74 Å². The fourth-order valence-corrected chi connectivity index (χ4v) is 5.10. The SMILES string of the molecule is C[C@]12O[C@H]1C[C@H]1c3ccccc3N(S(C)(=O)=O)[C@H]12. The third-order valence-corrected chi connectivity index (χ3v) is 5.74. The Balaban J connectivity index is 1.95. The molecule has 0 aromatic heterocycles. The van der Waals surface area contributed by atoms with E-state index in [0.717, 1.165) is 17.7 Å². The quantitative estimate of drug-likeness (QED) is 0.723.